The minimum absolute atomic E-state index is 0.0326. The molecule has 1 atom stereocenters. The minimum Gasteiger partial charge on any atom is -0.315 e. The highest BCUT2D eigenvalue weighted by Crippen LogP contribution is 2.29. The summed E-state index contributed by atoms with van der Waals surface area (Å²) in [4.78, 5) is 1.08. The van der Waals surface area contributed by atoms with Crippen LogP contribution in [-0.4, -0.2) is 32.9 Å². The molecule has 1 aromatic heterocycles. The number of nitrogens with one attached hydrogen (secondary N) is 1. The van der Waals surface area contributed by atoms with E-state index in [-0.39, 0.29) is 6.04 Å². The van der Waals surface area contributed by atoms with Crippen molar-refractivity contribution < 1.29 is 8.42 Å². The fourth-order valence-corrected chi connectivity index (χ4v) is 5.11. The number of hydrogen-bond donors (Lipinski definition) is 1. The van der Waals surface area contributed by atoms with Gasteiger partial charge in [-0.05, 0) is 38.9 Å². The van der Waals surface area contributed by atoms with E-state index in [0.29, 0.717) is 10.8 Å². The molecular weight excluding hydrogens is 280 g/mol. The van der Waals surface area contributed by atoms with Gasteiger partial charge in [-0.2, -0.15) is 4.31 Å². The Bertz CT molecular complexity index is 509. The summed E-state index contributed by atoms with van der Waals surface area (Å²) in [6.45, 7) is 6.69. The van der Waals surface area contributed by atoms with Crippen LogP contribution in [0.4, 0.5) is 0 Å². The van der Waals surface area contributed by atoms with E-state index in [2.05, 4.69) is 12.2 Å². The molecule has 0 radical (unpaired) electrons. The quantitative estimate of drug-likeness (QED) is 0.842. The molecule has 0 fully saturated rings. The number of sulfonamides is 1. The molecule has 0 spiro atoms. The molecule has 110 valence electrons. The van der Waals surface area contributed by atoms with Gasteiger partial charge < -0.3 is 5.32 Å². The van der Waals surface area contributed by atoms with Gasteiger partial charge in [-0.25, -0.2) is 8.42 Å². The lowest BCUT2D eigenvalue weighted by molar-refractivity contribution is 0.369. The maximum Gasteiger partial charge on any atom is 0.252 e. The molecule has 0 amide bonds. The Morgan fingerprint density at radius 1 is 1.47 bits per heavy atom. The molecule has 1 rings (SSSR count). The van der Waals surface area contributed by atoms with Gasteiger partial charge in [0.15, 0.2) is 0 Å². The van der Waals surface area contributed by atoms with Gasteiger partial charge in [-0.1, -0.05) is 13.3 Å². The number of nitrogens with zero attached hydrogens (tertiary/aromatic N) is 1. The Morgan fingerprint density at radius 2 is 2.11 bits per heavy atom. The molecule has 1 N–H and O–H groups in total. The number of hydrogen-bond acceptors (Lipinski definition) is 4. The zero-order chi connectivity index (χ0) is 14.6. The molecule has 4 nitrogen and oxygen atoms in total. The molecule has 0 aliphatic carbocycles. The summed E-state index contributed by atoms with van der Waals surface area (Å²) >= 11 is 1.36. The van der Waals surface area contributed by atoms with Crippen LogP contribution in [0.2, 0.25) is 0 Å². The highest BCUT2D eigenvalue weighted by molar-refractivity contribution is 7.91. The van der Waals surface area contributed by atoms with E-state index in [1.54, 1.807) is 13.1 Å². The van der Waals surface area contributed by atoms with Crippen LogP contribution in [0, 0.1) is 6.92 Å². The maximum absolute atomic E-state index is 12.5. The largest absolute Gasteiger partial charge is 0.315 e. The standard InChI is InChI=1S/C13H24N2O2S2/c1-6-7-11(3)15(5)19(16,17)13-8-10(2)12(18-13)9-14-4/h8,11,14H,6-7,9H2,1-5H3. The van der Waals surface area contributed by atoms with E-state index in [0.717, 1.165) is 23.3 Å². The van der Waals surface area contributed by atoms with Crippen molar-refractivity contribution >= 4 is 21.4 Å². The van der Waals surface area contributed by atoms with E-state index in [1.807, 2.05) is 20.9 Å². The normalized spacial score (nSPS) is 14.0. The first-order valence-corrected chi connectivity index (χ1v) is 8.82. The molecule has 1 heterocycles. The number of rotatable bonds is 7. The van der Waals surface area contributed by atoms with Gasteiger partial charge in [-0.3, -0.25) is 0 Å². The molecule has 0 saturated carbocycles. The van der Waals surface area contributed by atoms with Crippen LogP contribution >= 0.6 is 11.3 Å². The summed E-state index contributed by atoms with van der Waals surface area (Å²) < 4.78 is 27.0. The van der Waals surface area contributed by atoms with Gasteiger partial charge in [0, 0.05) is 24.5 Å². The van der Waals surface area contributed by atoms with Gasteiger partial charge in [-0.15, -0.1) is 11.3 Å². The van der Waals surface area contributed by atoms with Crippen LogP contribution in [0.25, 0.3) is 0 Å². The molecular formula is C13H24N2O2S2. The Balaban J connectivity index is 3.03. The summed E-state index contributed by atoms with van der Waals surface area (Å²) in [5.74, 6) is 0. The van der Waals surface area contributed by atoms with Crippen molar-refractivity contribution in [2.45, 2.75) is 50.4 Å². The van der Waals surface area contributed by atoms with Crippen molar-refractivity contribution in [3.63, 3.8) is 0 Å². The molecule has 0 saturated heterocycles. The zero-order valence-electron chi connectivity index (χ0n) is 12.4. The predicted molar refractivity (Wildman–Crippen MR) is 81.1 cm³/mol. The van der Waals surface area contributed by atoms with Crippen molar-refractivity contribution in [1.29, 1.82) is 0 Å². The first-order valence-electron chi connectivity index (χ1n) is 6.56. The van der Waals surface area contributed by atoms with Crippen LogP contribution < -0.4 is 5.32 Å². The Morgan fingerprint density at radius 3 is 2.63 bits per heavy atom. The predicted octanol–water partition coefficient (Wildman–Crippen LogP) is 2.59. The fourth-order valence-electron chi connectivity index (χ4n) is 1.93. The van der Waals surface area contributed by atoms with Crippen LogP contribution in [0.15, 0.2) is 10.3 Å². The first-order chi connectivity index (χ1) is 8.84. The van der Waals surface area contributed by atoms with E-state index in [9.17, 15) is 8.42 Å². The summed E-state index contributed by atoms with van der Waals surface area (Å²) in [6.07, 6.45) is 1.86. The molecule has 1 unspecified atom stereocenters. The molecule has 19 heavy (non-hydrogen) atoms. The van der Waals surface area contributed by atoms with Crippen LogP contribution in [-0.2, 0) is 16.6 Å². The summed E-state index contributed by atoms with van der Waals surface area (Å²) in [5, 5.41) is 3.06. The summed E-state index contributed by atoms with van der Waals surface area (Å²) in [7, 11) is 0.177. The van der Waals surface area contributed by atoms with Gasteiger partial charge in [0.2, 0.25) is 0 Å². The second-order valence-corrected chi connectivity index (χ2v) is 8.22. The maximum atomic E-state index is 12.5. The fraction of sp³-hybridized carbons (Fsp3) is 0.692. The third-order valence-electron chi connectivity index (χ3n) is 3.30. The average Bonchev–Trinajstić information content (AvgIpc) is 2.71. The molecule has 0 aliphatic rings. The van der Waals surface area contributed by atoms with Crippen LogP contribution in [0.3, 0.4) is 0 Å². The second-order valence-electron chi connectivity index (χ2n) is 4.86. The minimum atomic E-state index is -3.36. The SMILES string of the molecule is CCCC(C)N(C)S(=O)(=O)c1cc(C)c(CNC)s1. The zero-order valence-corrected chi connectivity index (χ0v) is 14.0. The Hall–Kier alpha value is -0.430. The van der Waals surface area contributed by atoms with Crippen molar-refractivity contribution in [2.75, 3.05) is 14.1 Å². The summed E-state index contributed by atoms with van der Waals surface area (Å²) in [6, 6.07) is 1.81. The van der Waals surface area contributed by atoms with Gasteiger partial charge in [0.25, 0.3) is 10.0 Å². The van der Waals surface area contributed by atoms with Crippen molar-refractivity contribution in [2.24, 2.45) is 0 Å². The van der Waals surface area contributed by atoms with Gasteiger partial charge in [0.05, 0.1) is 0 Å². The molecule has 0 aliphatic heterocycles. The lowest BCUT2D eigenvalue weighted by Gasteiger charge is -2.23. The number of aryl methyl sites for hydroxylation is 1. The lowest BCUT2D eigenvalue weighted by Crippen LogP contribution is -2.34. The first kappa shape index (κ1) is 16.6. The van der Waals surface area contributed by atoms with E-state index in [1.165, 1.54) is 15.6 Å². The molecule has 6 heteroatoms. The van der Waals surface area contributed by atoms with Crippen LogP contribution in [0.5, 0.6) is 0 Å². The molecule has 0 bridgehead atoms. The van der Waals surface area contributed by atoms with Gasteiger partial charge >= 0.3 is 0 Å². The van der Waals surface area contributed by atoms with Gasteiger partial charge in [0.1, 0.15) is 4.21 Å². The monoisotopic (exact) mass is 304 g/mol. The van der Waals surface area contributed by atoms with E-state index >= 15 is 0 Å². The third-order valence-corrected chi connectivity index (χ3v) is 6.95. The summed E-state index contributed by atoms with van der Waals surface area (Å²) in [5.41, 5.74) is 1.04. The topological polar surface area (TPSA) is 49.4 Å². The Kier molecular flexibility index (Phi) is 5.98. The molecule has 1 aromatic rings. The van der Waals surface area contributed by atoms with Crippen molar-refractivity contribution in [3.8, 4) is 0 Å². The average molecular weight is 304 g/mol. The van der Waals surface area contributed by atoms with Crippen LogP contribution in [0.1, 0.15) is 37.1 Å². The van der Waals surface area contributed by atoms with Crippen molar-refractivity contribution in [3.05, 3.63) is 16.5 Å². The smallest absolute Gasteiger partial charge is 0.252 e. The van der Waals surface area contributed by atoms with E-state index < -0.39 is 10.0 Å². The van der Waals surface area contributed by atoms with Crippen molar-refractivity contribution in [1.82, 2.24) is 9.62 Å². The molecule has 0 aromatic carbocycles. The number of thiophene rings is 1. The lowest BCUT2D eigenvalue weighted by atomic mass is 10.2. The van der Waals surface area contributed by atoms with E-state index in [4.69, 9.17) is 0 Å². The third kappa shape index (κ3) is 3.78. The second kappa shape index (κ2) is 6.83. The highest BCUT2D eigenvalue weighted by Gasteiger charge is 2.27. The highest BCUT2D eigenvalue weighted by atomic mass is 32.2. The Labute approximate surface area is 120 Å².